The lowest BCUT2D eigenvalue weighted by molar-refractivity contribution is 0.310. The molecule has 0 aliphatic carbocycles. The van der Waals surface area contributed by atoms with Crippen LogP contribution in [0.15, 0.2) is 0 Å². The maximum absolute atomic E-state index is 9.54. The maximum atomic E-state index is 9.54. The van der Waals surface area contributed by atoms with Crippen molar-refractivity contribution >= 4 is 7.12 Å². The molecule has 0 heterocycles. The highest BCUT2D eigenvalue weighted by Crippen LogP contribution is 2.39. The van der Waals surface area contributed by atoms with Crippen LogP contribution in [-0.4, -0.2) is 17.2 Å². The van der Waals surface area contributed by atoms with Crippen molar-refractivity contribution < 1.29 is 10.0 Å². The molecule has 0 bridgehead atoms. The molecule has 0 saturated carbocycles. The molecule has 2 N–H and O–H groups in total. The van der Waals surface area contributed by atoms with E-state index in [1.54, 1.807) is 0 Å². The molecule has 0 aromatic heterocycles. The van der Waals surface area contributed by atoms with Gasteiger partial charge in [-0.05, 0) is 12.8 Å². The average molecular weight is 242 g/mol. The fourth-order valence-electron chi connectivity index (χ4n) is 2.29. The average Bonchev–Trinajstić information content (AvgIpc) is 2.30. The second-order valence-corrected chi connectivity index (χ2v) is 5.65. The predicted molar refractivity (Wildman–Crippen MR) is 76.1 cm³/mol. The molecule has 0 fully saturated rings. The highest BCUT2D eigenvalue weighted by Gasteiger charge is 2.35. The van der Waals surface area contributed by atoms with Crippen LogP contribution in [-0.2, 0) is 0 Å². The van der Waals surface area contributed by atoms with Gasteiger partial charge in [0, 0.05) is 5.31 Å². The van der Waals surface area contributed by atoms with E-state index in [-0.39, 0.29) is 5.31 Å². The van der Waals surface area contributed by atoms with Crippen molar-refractivity contribution in [3.63, 3.8) is 0 Å². The summed E-state index contributed by atoms with van der Waals surface area (Å²) in [7, 11) is -1.16. The first kappa shape index (κ1) is 17.0. The molecule has 0 amide bonds. The third kappa shape index (κ3) is 7.83. The Balaban J connectivity index is 3.90. The molecule has 0 rings (SSSR count). The third-order valence-corrected chi connectivity index (χ3v) is 3.83. The Kier molecular flexibility index (Phi) is 9.95. The monoisotopic (exact) mass is 242 g/mol. The molecule has 102 valence electrons. The highest BCUT2D eigenvalue weighted by atomic mass is 16.4. The van der Waals surface area contributed by atoms with Crippen LogP contribution in [0, 0.1) is 0 Å². The van der Waals surface area contributed by atoms with E-state index in [0.29, 0.717) is 0 Å². The molecule has 0 unspecified atom stereocenters. The summed E-state index contributed by atoms with van der Waals surface area (Å²) in [5.74, 6) is 0. The molecule has 2 nitrogen and oxygen atoms in total. The minimum Gasteiger partial charge on any atom is -0.427 e. The SMILES string of the molecule is CCCCCCC(C)(CCCCCC)B(O)O. The fraction of sp³-hybridized carbons (Fsp3) is 1.00. The van der Waals surface area contributed by atoms with E-state index in [1.165, 1.54) is 38.5 Å². The lowest BCUT2D eigenvalue weighted by atomic mass is 9.54. The summed E-state index contributed by atoms with van der Waals surface area (Å²) < 4.78 is 0. The summed E-state index contributed by atoms with van der Waals surface area (Å²) in [6.07, 6.45) is 11.5. The Bertz CT molecular complexity index is 160. The first-order valence-electron chi connectivity index (χ1n) is 7.43. The van der Waals surface area contributed by atoms with Crippen LogP contribution < -0.4 is 0 Å². The van der Waals surface area contributed by atoms with Crippen molar-refractivity contribution in [3.8, 4) is 0 Å². The van der Waals surface area contributed by atoms with E-state index in [1.807, 2.05) is 6.92 Å². The van der Waals surface area contributed by atoms with E-state index < -0.39 is 7.12 Å². The molecule has 0 aliphatic rings. The largest absolute Gasteiger partial charge is 0.457 e. The first-order valence-corrected chi connectivity index (χ1v) is 7.43. The summed E-state index contributed by atoms with van der Waals surface area (Å²) in [4.78, 5) is 0. The van der Waals surface area contributed by atoms with Crippen molar-refractivity contribution in [3.05, 3.63) is 0 Å². The summed E-state index contributed by atoms with van der Waals surface area (Å²) >= 11 is 0. The molecule has 17 heavy (non-hydrogen) atoms. The summed E-state index contributed by atoms with van der Waals surface area (Å²) in [6.45, 7) is 6.42. The number of rotatable bonds is 11. The zero-order valence-electron chi connectivity index (χ0n) is 12.0. The molecular weight excluding hydrogens is 211 g/mol. The third-order valence-electron chi connectivity index (χ3n) is 3.83. The van der Waals surface area contributed by atoms with Crippen LogP contribution in [0.1, 0.15) is 85.0 Å². The van der Waals surface area contributed by atoms with Crippen molar-refractivity contribution in [1.82, 2.24) is 0 Å². The second-order valence-electron chi connectivity index (χ2n) is 5.65. The lowest BCUT2D eigenvalue weighted by Crippen LogP contribution is -2.30. The van der Waals surface area contributed by atoms with E-state index in [9.17, 15) is 10.0 Å². The Morgan fingerprint density at radius 2 is 1.18 bits per heavy atom. The number of unbranched alkanes of at least 4 members (excludes halogenated alkanes) is 6. The van der Waals surface area contributed by atoms with Crippen LogP contribution in [0.3, 0.4) is 0 Å². The van der Waals surface area contributed by atoms with Crippen molar-refractivity contribution in [1.29, 1.82) is 0 Å². The van der Waals surface area contributed by atoms with Crippen molar-refractivity contribution in [2.45, 2.75) is 90.3 Å². The van der Waals surface area contributed by atoms with E-state index in [0.717, 1.165) is 25.7 Å². The van der Waals surface area contributed by atoms with Gasteiger partial charge in [-0.3, -0.25) is 0 Å². The summed E-state index contributed by atoms with van der Waals surface area (Å²) in [6, 6.07) is 0. The summed E-state index contributed by atoms with van der Waals surface area (Å²) in [5, 5.41) is 18.8. The van der Waals surface area contributed by atoms with Gasteiger partial charge in [0.25, 0.3) is 0 Å². The van der Waals surface area contributed by atoms with Crippen LogP contribution in [0.5, 0.6) is 0 Å². The fourth-order valence-corrected chi connectivity index (χ4v) is 2.29. The minimum absolute atomic E-state index is 0.290. The van der Waals surface area contributed by atoms with Gasteiger partial charge >= 0.3 is 7.12 Å². The molecule has 0 aromatic carbocycles. The normalized spacial score (nSPS) is 11.8. The van der Waals surface area contributed by atoms with Gasteiger partial charge < -0.3 is 10.0 Å². The van der Waals surface area contributed by atoms with Crippen LogP contribution in [0.4, 0.5) is 0 Å². The van der Waals surface area contributed by atoms with Gasteiger partial charge in [0.15, 0.2) is 0 Å². The van der Waals surface area contributed by atoms with Crippen LogP contribution >= 0.6 is 0 Å². The van der Waals surface area contributed by atoms with Gasteiger partial charge in [0.05, 0.1) is 0 Å². The van der Waals surface area contributed by atoms with Gasteiger partial charge in [-0.15, -0.1) is 0 Å². The van der Waals surface area contributed by atoms with Gasteiger partial charge in [0.2, 0.25) is 0 Å². The topological polar surface area (TPSA) is 40.5 Å². The van der Waals surface area contributed by atoms with Gasteiger partial charge in [-0.1, -0.05) is 72.1 Å². The Labute approximate surface area is 108 Å². The zero-order valence-corrected chi connectivity index (χ0v) is 12.0. The first-order chi connectivity index (χ1) is 8.06. The van der Waals surface area contributed by atoms with E-state index in [4.69, 9.17) is 0 Å². The molecule has 0 aliphatic heterocycles. The quantitative estimate of drug-likeness (QED) is 0.422. The smallest absolute Gasteiger partial charge is 0.427 e. The van der Waals surface area contributed by atoms with Crippen molar-refractivity contribution in [2.24, 2.45) is 0 Å². The molecule has 3 heteroatoms. The molecule has 0 aromatic rings. The standard InChI is InChI=1S/C14H31BO2/c1-4-6-8-10-12-14(3,15(16)17)13-11-9-7-5-2/h16-17H,4-13H2,1-3H3. The zero-order chi connectivity index (χ0) is 13.1. The second kappa shape index (κ2) is 9.96. The Morgan fingerprint density at radius 3 is 1.47 bits per heavy atom. The maximum Gasteiger partial charge on any atom is 0.457 e. The van der Waals surface area contributed by atoms with E-state index >= 15 is 0 Å². The van der Waals surface area contributed by atoms with Gasteiger partial charge in [-0.2, -0.15) is 0 Å². The van der Waals surface area contributed by atoms with Crippen LogP contribution in [0.2, 0.25) is 5.31 Å². The highest BCUT2D eigenvalue weighted by molar-refractivity contribution is 6.45. The Morgan fingerprint density at radius 1 is 0.765 bits per heavy atom. The van der Waals surface area contributed by atoms with Crippen molar-refractivity contribution in [2.75, 3.05) is 0 Å². The molecule has 0 spiro atoms. The lowest BCUT2D eigenvalue weighted by Gasteiger charge is -2.28. The molecule has 0 saturated heterocycles. The molecular formula is C14H31BO2. The Hall–Kier alpha value is -0.0151. The molecule has 0 radical (unpaired) electrons. The molecule has 0 atom stereocenters. The van der Waals surface area contributed by atoms with Gasteiger partial charge in [-0.25, -0.2) is 0 Å². The number of hydrogen-bond donors (Lipinski definition) is 2. The van der Waals surface area contributed by atoms with Gasteiger partial charge in [0.1, 0.15) is 0 Å². The number of hydrogen-bond acceptors (Lipinski definition) is 2. The predicted octanol–water partition coefficient (Wildman–Crippen LogP) is 4.16. The van der Waals surface area contributed by atoms with E-state index in [2.05, 4.69) is 13.8 Å². The van der Waals surface area contributed by atoms with Crippen LogP contribution in [0.25, 0.3) is 0 Å². The summed E-state index contributed by atoms with van der Waals surface area (Å²) in [5.41, 5.74) is 0. The minimum atomic E-state index is -1.16.